The molecule has 3 rings (SSSR count). The number of nitrogens with one attached hydrogen (secondary N) is 2. The molecule has 1 aliphatic carbocycles. The van der Waals surface area contributed by atoms with E-state index in [2.05, 4.69) is 15.3 Å². The van der Waals surface area contributed by atoms with Crippen LogP contribution >= 0.6 is 0 Å². The Balaban J connectivity index is 1.82. The van der Waals surface area contributed by atoms with E-state index < -0.39 is 0 Å². The highest BCUT2D eigenvalue weighted by Crippen LogP contribution is 2.28. The van der Waals surface area contributed by atoms with Gasteiger partial charge in [0.1, 0.15) is 5.82 Å². The molecule has 5 heteroatoms. The van der Waals surface area contributed by atoms with Crippen LogP contribution in [0.3, 0.4) is 0 Å². The zero-order chi connectivity index (χ0) is 12.5. The number of aliphatic hydroxyl groups excluding tert-OH is 1. The van der Waals surface area contributed by atoms with Crippen molar-refractivity contribution in [2.45, 2.75) is 25.3 Å². The lowest BCUT2D eigenvalue weighted by Gasteiger charge is -2.18. The molecule has 3 N–H and O–H groups in total. The lowest BCUT2D eigenvalue weighted by atomic mass is 10.1. The van der Waals surface area contributed by atoms with Gasteiger partial charge in [-0.05, 0) is 31.0 Å². The van der Waals surface area contributed by atoms with Crippen LogP contribution in [0.1, 0.15) is 19.3 Å². The highest BCUT2D eigenvalue weighted by molar-refractivity contribution is 5.77. The Hall–Kier alpha value is -1.62. The molecule has 2 aromatic rings. The summed E-state index contributed by atoms with van der Waals surface area (Å²) in [4.78, 5) is 7.44. The van der Waals surface area contributed by atoms with E-state index in [0.717, 1.165) is 24.8 Å². The van der Waals surface area contributed by atoms with Gasteiger partial charge in [0.25, 0.3) is 0 Å². The molecule has 1 heterocycles. The van der Waals surface area contributed by atoms with Crippen LogP contribution in [0, 0.1) is 11.7 Å². The Morgan fingerprint density at radius 2 is 2.33 bits per heavy atom. The normalized spacial score (nSPS) is 23.7. The van der Waals surface area contributed by atoms with Gasteiger partial charge in [0.05, 0.1) is 11.0 Å². The van der Waals surface area contributed by atoms with E-state index in [9.17, 15) is 9.50 Å². The molecule has 1 saturated carbocycles. The molecule has 0 aliphatic heterocycles. The first-order valence-corrected chi connectivity index (χ1v) is 6.29. The van der Waals surface area contributed by atoms with E-state index >= 15 is 0 Å². The Morgan fingerprint density at radius 1 is 1.44 bits per heavy atom. The van der Waals surface area contributed by atoms with E-state index in [-0.39, 0.29) is 24.4 Å². The highest BCUT2D eigenvalue weighted by Gasteiger charge is 2.27. The minimum absolute atomic E-state index is 0.201. The summed E-state index contributed by atoms with van der Waals surface area (Å²) < 4.78 is 13.1. The standard InChI is InChI=1S/C13H16FN3O/c14-9-4-5-11-12(6-9)17-13(16-11)15-10-3-1-2-8(10)7-18/h4-6,8,10,18H,1-3,7H2,(H2,15,16,17). The average Bonchev–Trinajstić information content (AvgIpc) is 2.94. The van der Waals surface area contributed by atoms with Gasteiger partial charge in [0.2, 0.25) is 5.95 Å². The molecular formula is C13H16FN3O. The SMILES string of the molecule is OCC1CCCC1Nc1nc2ccc(F)cc2[nH]1. The van der Waals surface area contributed by atoms with Gasteiger partial charge < -0.3 is 15.4 Å². The largest absolute Gasteiger partial charge is 0.396 e. The first kappa shape index (κ1) is 11.5. The maximum Gasteiger partial charge on any atom is 0.201 e. The number of hydrogen-bond acceptors (Lipinski definition) is 3. The van der Waals surface area contributed by atoms with Gasteiger partial charge in [-0.25, -0.2) is 9.37 Å². The van der Waals surface area contributed by atoms with Crippen LogP contribution in [0.4, 0.5) is 10.3 Å². The van der Waals surface area contributed by atoms with E-state index in [1.54, 1.807) is 6.07 Å². The minimum atomic E-state index is -0.271. The number of imidazole rings is 1. The molecule has 2 unspecified atom stereocenters. The van der Waals surface area contributed by atoms with Crippen molar-refractivity contribution in [3.8, 4) is 0 Å². The molecule has 1 aromatic heterocycles. The van der Waals surface area contributed by atoms with Crippen LogP contribution in [0.2, 0.25) is 0 Å². The number of halogens is 1. The number of aromatic nitrogens is 2. The summed E-state index contributed by atoms with van der Waals surface area (Å²) in [6, 6.07) is 4.75. The van der Waals surface area contributed by atoms with E-state index in [1.165, 1.54) is 12.1 Å². The predicted octanol–water partition coefficient (Wildman–Crippen LogP) is 2.27. The Kier molecular flexibility index (Phi) is 2.91. The van der Waals surface area contributed by atoms with Crippen molar-refractivity contribution >= 4 is 17.0 Å². The Labute approximate surface area is 104 Å². The fraction of sp³-hybridized carbons (Fsp3) is 0.462. The first-order chi connectivity index (χ1) is 8.76. The van der Waals surface area contributed by atoms with Crippen molar-refractivity contribution in [3.05, 3.63) is 24.0 Å². The summed E-state index contributed by atoms with van der Waals surface area (Å²) >= 11 is 0. The molecule has 0 amide bonds. The quantitative estimate of drug-likeness (QED) is 0.782. The summed E-state index contributed by atoms with van der Waals surface area (Å²) in [6.45, 7) is 0.201. The summed E-state index contributed by atoms with van der Waals surface area (Å²) in [5.41, 5.74) is 1.44. The summed E-state index contributed by atoms with van der Waals surface area (Å²) in [5, 5.41) is 12.6. The minimum Gasteiger partial charge on any atom is -0.396 e. The topological polar surface area (TPSA) is 60.9 Å². The van der Waals surface area contributed by atoms with Crippen LogP contribution in [0.15, 0.2) is 18.2 Å². The van der Waals surface area contributed by atoms with E-state index in [1.807, 2.05) is 0 Å². The molecular weight excluding hydrogens is 233 g/mol. The van der Waals surface area contributed by atoms with Crippen molar-refractivity contribution in [1.82, 2.24) is 9.97 Å². The van der Waals surface area contributed by atoms with Crippen molar-refractivity contribution < 1.29 is 9.50 Å². The molecule has 0 bridgehead atoms. The first-order valence-electron chi connectivity index (χ1n) is 6.29. The number of aliphatic hydroxyl groups is 1. The van der Waals surface area contributed by atoms with Gasteiger partial charge in [0, 0.05) is 18.6 Å². The highest BCUT2D eigenvalue weighted by atomic mass is 19.1. The maximum absolute atomic E-state index is 13.1. The molecule has 0 spiro atoms. The lowest BCUT2D eigenvalue weighted by Crippen LogP contribution is -2.26. The number of rotatable bonds is 3. The lowest BCUT2D eigenvalue weighted by molar-refractivity contribution is 0.222. The molecule has 0 saturated heterocycles. The van der Waals surface area contributed by atoms with E-state index in [4.69, 9.17) is 0 Å². The maximum atomic E-state index is 13.1. The third-order valence-electron chi connectivity index (χ3n) is 3.66. The monoisotopic (exact) mass is 249 g/mol. The molecule has 1 fully saturated rings. The molecule has 4 nitrogen and oxygen atoms in total. The summed E-state index contributed by atoms with van der Waals surface area (Å²) in [7, 11) is 0. The Morgan fingerprint density at radius 3 is 3.17 bits per heavy atom. The van der Waals surface area contributed by atoms with Gasteiger partial charge >= 0.3 is 0 Å². The van der Waals surface area contributed by atoms with Crippen molar-refractivity contribution in [1.29, 1.82) is 0 Å². The number of benzene rings is 1. The zero-order valence-electron chi connectivity index (χ0n) is 9.99. The molecule has 1 aliphatic rings. The van der Waals surface area contributed by atoms with E-state index in [0.29, 0.717) is 11.5 Å². The summed E-state index contributed by atoms with van der Waals surface area (Å²) in [6.07, 6.45) is 3.21. The summed E-state index contributed by atoms with van der Waals surface area (Å²) in [5.74, 6) is 0.669. The fourth-order valence-electron chi connectivity index (χ4n) is 2.67. The van der Waals surface area contributed by atoms with Gasteiger partial charge in [-0.2, -0.15) is 0 Å². The zero-order valence-corrected chi connectivity index (χ0v) is 9.99. The van der Waals surface area contributed by atoms with Crippen molar-refractivity contribution in [2.24, 2.45) is 5.92 Å². The van der Waals surface area contributed by atoms with Crippen LogP contribution < -0.4 is 5.32 Å². The predicted molar refractivity (Wildman–Crippen MR) is 67.9 cm³/mol. The molecule has 96 valence electrons. The fourth-order valence-corrected chi connectivity index (χ4v) is 2.67. The number of anilines is 1. The molecule has 1 aromatic carbocycles. The van der Waals surface area contributed by atoms with Gasteiger partial charge in [-0.1, -0.05) is 6.42 Å². The third-order valence-corrected chi connectivity index (χ3v) is 3.66. The van der Waals surface area contributed by atoms with Crippen LogP contribution in [0.25, 0.3) is 11.0 Å². The Bertz CT molecular complexity index is 554. The molecule has 18 heavy (non-hydrogen) atoms. The molecule has 0 radical (unpaired) electrons. The van der Waals surface area contributed by atoms with Gasteiger partial charge in [0.15, 0.2) is 0 Å². The third kappa shape index (κ3) is 2.06. The van der Waals surface area contributed by atoms with Crippen LogP contribution in [-0.4, -0.2) is 27.7 Å². The van der Waals surface area contributed by atoms with Gasteiger partial charge in [-0.15, -0.1) is 0 Å². The van der Waals surface area contributed by atoms with Crippen molar-refractivity contribution in [2.75, 3.05) is 11.9 Å². The molecule has 2 atom stereocenters. The second-order valence-corrected chi connectivity index (χ2v) is 4.87. The second kappa shape index (κ2) is 4.57. The van der Waals surface area contributed by atoms with Crippen LogP contribution in [0.5, 0.6) is 0 Å². The number of fused-ring (bicyclic) bond motifs is 1. The second-order valence-electron chi connectivity index (χ2n) is 4.87. The van der Waals surface area contributed by atoms with Crippen molar-refractivity contribution in [3.63, 3.8) is 0 Å². The number of aromatic amines is 1. The smallest absolute Gasteiger partial charge is 0.201 e. The van der Waals surface area contributed by atoms with Crippen LogP contribution in [-0.2, 0) is 0 Å². The number of hydrogen-bond donors (Lipinski definition) is 3. The average molecular weight is 249 g/mol. The number of nitrogens with zero attached hydrogens (tertiary/aromatic N) is 1. The number of H-pyrrole nitrogens is 1. The van der Waals surface area contributed by atoms with Gasteiger partial charge in [-0.3, -0.25) is 0 Å².